The van der Waals surface area contributed by atoms with Gasteiger partial charge in [-0.2, -0.15) is 0 Å². The van der Waals surface area contributed by atoms with Crippen molar-refractivity contribution < 1.29 is 9.50 Å². The maximum absolute atomic E-state index is 14.0. The van der Waals surface area contributed by atoms with Crippen molar-refractivity contribution in [3.63, 3.8) is 0 Å². The van der Waals surface area contributed by atoms with Crippen LogP contribution in [0.3, 0.4) is 0 Å². The Balaban J connectivity index is 1.71. The molecule has 2 nitrogen and oxygen atoms in total. The zero-order valence-corrected chi connectivity index (χ0v) is 15.2. The van der Waals surface area contributed by atoms with E-state index in [0.717, 1.165) is 22.9 Å². The lowest BCUT2D eigenvalue weighted by Crippen LogP contribution is -1.85. The van der Waals surface area contributed by atoms with Crippen LogP contribution in [0.1, 0.15) is 38.2 Å². The smallest absolute Gasteiger partial charge is 0.137 e. The molecule has 0 unspecified atom stereocenters. The molecule has 1 aromatic heterocycles. The molecule has 0 atom stereocenters. The van der Waals surface area contributed by atoms with Gasteiger partial charge in [0, 0.05) is 17.8 Å². The summed E-state index contributed by atoms with van der Waals surface area (Å²) in [5, 5.41) is 9.95. The van der Waals surface area contributed by atoms with Crippen LogP contribution >= 0.6 is 11.3 Å². The fourth-order valence-electron chi connectivity index (χ4n) is 2.80. The first kappa shape index (κ1) is 17.6. The monoisotopic (exact) mass is 355 g/mol. The minimum absolute atomic E-state index is 0.0763. The highest BCUT2D eigenvalue weighted by Crippen LogP contribution is 2.34. The Morgan fingerprint density at radius 2 is 1.84 bits per heavy atom. The molecule has 0 bridgehead atoms. The minimum Gasteiger partial charge on any atom is -0.508 e. The summed E-state index contributed by atoms with van der Waals surface area (Å²) in [5.41, 5.74) is 2.87. The molecule has 0 saturated carbocycles. The number of phenolic OH excluding ortho intramolecular Hbond substituents is 1. The number of aromatic hydroxyl groups is 1. The van der Waals surface area contributed by atoms with Crippen molar-refractivity contribution in [2.45, 2.75) is 39.0 Å². The molecule has 1 heterocycles. The quantitative estimate of drug-likeness (QED) is 0.494. The highest BCUT2D eigenvalue weighted by molar-refractivity contribution is 7.18. The van der Waals surface area contributed by atoms with E-state index < -0.39 is 5.82 Å². The number of unbranched alkanes of at least 4 members (excludes halogenated alkanes) is 3. The molecule has 0 saturated heterocycles. The van der Waals surface area contributed by atoms with E-state index in [1.54, 1.807) is 12.3 Å². The van der Waals surface area contributed by atoms with Gasteiger partial charge in [-0.15, -0.1) is 11.3 Å². The van der Waals surface area contributed by atoms with Gasteiger partial charge in [-0.05, 0) is 36.1 Å². The number of aryl methyl sites for hydroxylation is 1. The van der Waals surface area contributed by atoms with Gasteiger partial charge in [-0.25, -0.2) is 9.37 Å². The molecular formula is C21H22FNOS. The topological polar surface area (TPSA) is 33.1 Å². The Morgan fingerprint density at radius 1 is 1.04 bits per heavy atom. The zero-order valence-electron chi connectivity index (χ0n) is 14.3. The van der Waals surface area contributed by atoms with Gasteiger partial charge in [-0.3, -0.25) is 0 Å². The first-order valence-electron chi connectivity index (χ1n) is 8.71. The summed E-state index contributed by atoms with van der Waals surface area (Å²) in [6.07, 6.45) is 7.98. The molecule has 130 valence electrons. The third-order valence-corrected chi connectivity index (χ3v) is 5.33. The van der Waals surface area contributed by atoms with Gasteiger partial charge in [-0.1, -0.05) is 50.5 Å². The molecule has 0 amide bonds. The van der Waals surface area contributed by atoms with Gasteiger partial charge < -0.3 is 5.11 Å². The Bertz CT molecular complexity index is 826. The number of nitrogens with zero attached hydrogens (tertiary/aromatic N) is 1. The van der Waals surface area contributed by atoms with Crippen molar-refractivity contribution in [3.8, 4) is 26.8 Å². The van der Waals surface area contributed by atoms with E-state index in [-0.39, 0.29) is 5.75 Å². The second-order valence-corrected chi connectivity index (χ2v) is 7.23. The van der Waals surface area contributed by atoms with E-state index in [1.165, 1.54) is 48.6 Å². The van der Waals surface area contributed by atoms with Crippen LogP contribution in [-0.4, -0.2) is 10.1 Å². The Labute approximate surface area is 152 Å². The molecule has 3 aromatic rings. The molecule has 25 heavy (non-hydrogen) atoms. The van der Waals surface area contributed by atoms with Crippen LogP contribution in [-0.2, 0) is 6.42 Å². The number of thiazole rings is 1. The van der Waals surface area contributed by atoms with Gasteiger partial charge >= 0.3 is 0 Å². The maximum Gasteiger partial charge on any atom is 0.137 e. The van der Waals surface area contributed by atoms with Crippen LogP contribution in [0.5, 0.6) is 5.75 Å². The van der Waals surface area contributed by atoms with Gasteiger partial charge in [0.1, 0.15) is 16.6 Å². The number of phenols is 1. The third-order valence-electron chi connectivity index (χ3n) is 4.25. The fraction of sp³-hybridized carbons (Fsp3) is 0.286. The molecule has 0 aliphatic heterocycles. The standard InChI is InChI=1S/C21H22FNOS/c1-2-3-4-5-6-15-7-9-16(10-8-15)20-14-23-21(25-20)18-12-11-17(24)13-19(18)22/h7-14,24H,2-6H2,1H3. The number of aromatic nitrogens is 1. The molecule has 0 spiro atoms. The SMILES string of the molecule is CCCCCCc1ccc(-c2cnc(-c3ccc(O)cc3F)s2)cc1. The number of hydrogen-bond donors (Lipinski definition) is 1. The predicted octanol–water partition coefficient (Wildman–Crippen LogP) is 6.44. The summed E-state index contributed by atoms with van der Waals surface area (Å²) in [7, 11) is 0. The lowest BCUT2D eigenvalue weighted by molar-refractivity contribution is 0.469. The molecule has 0 aliphatic carbocycles. The summed E-state index contributed by atoms with van der Waals surface area (Å²) < 4.78 is 14.0. The number of hydrogen-bond acceptors (Lipinski definition) is 3. The van der Waals surface area contributed by atoms with Crippen molar-refractivity contribution in [1.29, 1.82) is 0 Å². The van der Waals surface area contributed by atoms with Crippen LogP contribution in [0.25, 0.3) is 21.0 Å². The largest absolute Gasteiger partial charge is 0.508 e. The van der Waals surface area contributed by atoms with Crippen LogP contribution in [0.15, 0.2) is 48.7 Å². The van der Waals surface area contributed by atoms with E-state index in [2.05, 4.69) is 36.2 Å². The lowest BCUT2D eigenvalue weighted by atomic mass is 10.0. The molecule has 0 aliphatic rings. The van der Waals surface area contributed by atoms with E-state index in [9.17, 15) is 9.50 Å². The average Bonchev–Trinajstić information content (AvgIpc) is 3.09. The van der Waals surface area contributed by atoms with Crippen molar-refractivity contribution in [2.75, 3.05) is 0 Å². The summed E-state index contributed by atoms with van der Waals surface area (Å²) in [4.78, 5) is 5.36. The first-order valence-corrected chi connectivity index (χ1v) is 9.53. The van der Waals surface area contributed by atoms with Gasteiger partial charge in [0.15, 0.2) is 0 Å². The predicted molar refractivity (Wildman–Crippen MR) is 102 cm³/mol. The number of benzene rings is 2. The van der Waals surface area contributed by atoms with E-state index in [1.807, 2.05) is 0 Å². The summed E-state index contributed by atoms with van der Waals surface area (Å²) >= 11 is 1.46. The molecule has 4 heteroatoms. The second kappa shape index (κ2) is 8.26. The third kappa shape index (κ3) is 4.45. The highest BCUT2D eigenvalue weighted by Gasteiger charge is 2.11. The number of halogens is 1. The number of rotatable bonds is 7. The maximum atomic E-state index is 14.0. The molecular weight excluding hydrogens is 333 g/mol. The molecule has 1 N–H and O–H groups in total. The molecule has 0 radical (unpaired) electrons. The van der Waals surface area contributed by atoms with Crippen LogP contribution < -0.4 is 0 Å². The van der Waals surface area contributed by atoms with Crippen molar-refractivity contribution in [1.82, 2.24) is 4.98 Å². The highest BCUT2D eigenvalue weighted by atomic mass is 32.1. The summed E-state index contributed by atoms with van der Waals surface area (Å²) in [6, 6.07) is 12.7. The van der Waals surface area contributed by atoms with Gasteiger partial charge in [0.2, 0.25) is 0 Å². The van der Waals surface area contributed by atoms with Crippen molar-refractivity contribution in [3.05, 3.63) is 60.0 Å². The second-order valence-electron chi connectivity index (χ2n) is 6.20. The molecule has 2 aromatic carbocycles. The van der Waals surface area contributed by atoms with Crippen LogP contribution in [0.4, 0.5) is 4.39 Å². The summed E-state index contributed by atoms with van der Waals surface area (Å²) in [6.45, 7) is 2.22. The van der Waals surface area contributed by atoms with Crippen molar-refractivity contribution >= 4 is 11.3 Å². The Kier molecular flexibility index (Phi) is 5.82. The normalized spacial score (nSPS) is 11.0. The Hall–Kier alpha value is -2.20. The van der Waals surface area contributed by atoms with E-state index in [0.29, 0.717) is 10.6 Å². The van der Waals surface area contributed by atoms with Gasteiger partial charge in [0.05, 0.1) is 4.88 Å². The Morgan fingerprint density at radius 3 is 2.56 bits per heavy atom. The lowest BCUT2D eigenvalue weighted by Gasteiger charge is -2.03. The van der Waals surface area contributed by atoms with Gasteiger partial charge in [0.25, 0.3) is 0 Å². The van der Waals surface area contributed by atoms with Crippen molar-refractivity contribution in [2.24, 2.45) is 0 Å². The first-order chi connectivity index (χ1) is 12.2. The average molecular weight is 355 g/mol. The van der Waals surface area contributed by atoms with E-state index >= 15 is 0 Å². The van der Waals surface area contributed by atoms with E-state index in [4.69, 9.17) is 0 Å². The minimum atomic E-state index is -0.455. The van der Waals surface area contributed by atoms with Crippen LogP contribution in [0, 0.1) is 5.82 Å². The molecule has 0 fully saturated rings. The summed E-state index contributed by atoms with van der Waals surface area (Å²) in [5.74, 6) is -0.532. The fourth-order valence-corrected chi connectivity index (χ4v) is 3.75. The molecule has 3 rings (SSSR count). The van der Waals surface area contributed by atoms with Crippen LogP contribution in [0.2, 0.25) is 0 Å². The zero-order chi connectivity index (χ0) is 17.6.